The van der Waals surface area contributed by atoms with Crippen molar-refractivity contribution >= 4 is 17.3 Å². The third kappa shape index (κ3) is 4.30. The van der Waals surface area contributed by atoms with E-state index in [1.807, 2.05) is 6.92 Å². The Kier molecular flexibility index (Phi) is 5.94. The molecule has 2 rings (SSSR count). The SMILES string of the molecule is C=CC[C@@]1(O)CCCC[C@@]1(C)COC(=O)c1cc([N+](=O)[O-])cc([N+](=O)[O-])c1. The second-order valence-corrected chi connectivity index (χ2v) is 7.12. The maximum atomic E-state index is 12.4. The number of nitro benzene ring substituents is 2. The van der Waals surface area contributed by atoms with Gasteiger partial charge in [-0.2, -0.15) is 0 Å². The van der Waals surface area contributed by atoms with Crippen LogP contribution in [0.4, 0.5) is 11.4 Å². The van der Waals surface area contributed by atoms with Crippen molar-refractivity contribution < 1.29 is 24.5 Å². The number of carbonyl (C=O) groups excluding carboxylic acids is 1. The minimum Gasteiger partial charge on any atom is -0.461 e. The van der Waals surface area contributed by atoms with Gasteiger partial charge in [0, 0.05) is 17.5 Å². The summed E-state index contributed by atoms with van der Waals surface area (Å²) in [5.41, 5.74) is -3.18. The molecule has 146 valence electrons. The zero-order valence-electron chi connectivity index (χ0n) is 15.1. The lowest BCUT2D eigenvalue weighted by molar-refractivity contribution is -0.394. The van der Waals surface area contributed by atoms with Gasteiger partial charge in [0.05, 0.1) is 33.7 Å². The van der Waals surface area contributed by atoms with Crippen molar-refractivity contribution in [3.63, 3.8) is 0 Å². The van der Waals surface area contributed by atoms with Gasteiger partial charge in [-0.15, -0.1) is 6.58 Å². The Labute approximate surface area is 155 Å². The summed E-state index contributed by atoms with van der Waals surface area (Å²) >= 11 is 0. The maximum Gasteiger partial charge on any atom is 0.338 e. The van der Waals surface area contributed by atoms with Crippen LogP contribution in [0.2, 0.25) is 0 Å². The molecule has 0 unspecified atom stereocenters. The van der Waals surface area contributed by atoms with E-state index in [2.05, 4.69) is 6.58 Å². The van der Waals surface area contributed by atoms with E-state index >= 15 is 0 Å². The van der Waals surface area contributed by atoms with Crippen LogP contribution in [-0.4, -0.2) is 33.1 Å². The van der Waals surface area contributed by atoms with Crippen LogP contribution >= 0.6 is 0 Å². The van der Waals surface area contributed by atoms with Crippen molar-refractivity contribution in [1.82, 2.24) is 0 Å². The van der Waals surface area contributed by atoms with Crippen molar-refractivity contribution in [2.75, 3.05) is 6.61 Å². The van der Waals surface area contributed by atoms with Crippen molar-refractivity contribution in [1.29, 1.82) is 0 Å². The molecule has 1 aliphatic carbocycles. The fourth-order valence-electron chi connectivity index (χ4n) is 3.49. The van der Waals surface area contributed by atoms with E-state index in [0.717, 1.165) is 31.0 Å². The number of aliphatic hydroxyl groups is 1. The van der Waals surface area contributed by atoms with Crippen LogP contribution in [0.15, 0.2) is 30.9 Å². The number of carbonyl (C=O) groups is 1. The first kappa shape index (κ1) is 20.5. The number of benzene rings is 1. The van der Waals surface area contributed by atoms with E-state index in [1.165, 1.54) is 0 Å². The van der Waals surface area contributed by atoms with Crippen LogP contribution in [0, 0.1) is 25.6 Å². The molecule has 9 heteroatoms. The maximum absolute atomic E-state index is 12.4. The molecule has 1 N–H and O–H groups in total. The largest absolute Gasteiger partial charge is 0.461 e. The smallest absolute Gasteiger partial charge is 0.338 e. The highest BCUT2D eigenvalue weighted by molar-refractivity contribution is 5.91. The lowest BCUT2D eigenvalue weighted by Gasteiger charge is -2.47. The Morgan fingerprint density at radius 3 is 2.30 bits per heavy atom. The van der Waals surface area contributed by atoms with Gasteiger partial charge in [-0.25, -0.2) is 4.79 Å². The Morgan fingerprint density at radius 2 is 1.78 bits per heavy atom. The second-order valence-electron chi connectivity index (χ2n) is 7.12. The first-order valence-electron chi connectivity index (χ1n) is 8.56. The second kappa shape index (κ2) is 7.83. The molecule has 0 heterocycles. The third-order valence-electron chi connectivity index (χ3n) is 5.26. The number of nitrogens with zero attached hydrogens (tertiary/aromatic N) is 2. The minimum atomic E-state index is -1.07. The number of esters is 1. The average molecular weight is 378 g/mol. The highest BCUT2D eigenvalue weighted by atomic mass is 16.6. The molecule has 1 fully saturated rings. The quantitative estimate of drug-likeness (QED) is 0.332. The average Bonchev–Trinajstić information content (AvgIpc) is 2.62. The predicted octanol–water partition coefficient (Wildman–Crippen LogP) is 3.55. The lowest BCUT2D eigenvalue weighted by Crippen LogP contribution is -2.51. The van der Waals surface area contributed by atoms with Crippen molar-refractivity contribution in [3.05, 3.63) is 56.6 Å². The molecule has 1 aromatic carbocycles. The summed E-state index contributed by atoms with van der Waals surface area (Å²) in [6.45, 7) is 5.38. The Balaban J connectivity index is 2.23. The van der Waals surface area contributed by atoms with E-state index in [0.29, 0.717) is 19.3 Å². The van der Waals surface area contributed by atoms with Gasteiger partial charge in [0.1, 0.15) is 0 Å². The normalized spacial score (nSPS) is 24.8. The zero-order chi connectivity index (χ0) is 20.2. The van der Waals surface area contributed by atoms with Crippen LogP contribution in [0.25, 0.3) is 0 Å². The number of nitro groups is 2. The van der Waals surface area contributed by atoms with Crippen LogP contribution in [-0.2, 0) is 4.74 Å². The molecule has 1 aromatic rings. The first-order valence-corrected chi connectivity index (χ1v) is 8.56. The molecule has 0 spiro atoms. The van der Waals surface area contributed by atoms with Crippen LogP contribution < -0.4 is 0 Å². The fourth-order valence-corrected chi connectivity index (χ4v) is 3.49. The highest BCUT2D eigenvalue weighted by Gasteiger charge is 2.48. The summed E-state index contributed by atoms with van der Waals surface area (Å²) in [5.74, 6) is -0.908. The van der Waals surface area contributed by atoms with Gasteiger partial charge in [0.2, 0.25) is 0 Å². The molecule has 0 amide bonds. The Morgan fingerprint density at radius 1 is 1.22 bits per heavy atom. The third-order valence-corrected chi connectivity index (χ3v) is 5.26. The van der Waals surface area contributed by atoms with Crippen LogP contribution in [0.1, 0.15) is 49.4 Å². The molecule has 0 bridgehead atoms. The molecule has 27 heavy (non-hydrogen) atoms. The summed E-state index contributed by atoms with van der Waals surface area (Å²) in [6, 6.07) is 2.66. The molecule has 2 atom stereocenters. The van der Waals surface area contributed by atoms with Crippen molar-refractivity contribution in [2.45, 2.75) is 44.6 Å². The molecule has 9 nitrogen and oxygen atoms in total. The number of hydrogen-bond donors (Lipinski definition) is 1. The topological polar surface area (TPSA) is 133 Å². The monoisotopic (exact) mass is 378 g/mol. The van der Waals surface area contributed by atoms with Gasteiger partial charge in [-0.1, -0.05) is 25.8 Å². The number of non-ortho nitro benzene ring substituents is 2. The standard InChI is InChI=1S/C18H22N2O7/c1-3-6-18(22)8-5-4-7-17(18,2)12-27-16(21)13-9-14(19(23)24)11-15(10-13)20(25)26/h3,9-11,22H,1,4-8,12H2,2H3/t17-,18+/m0/s1. The number of hydrogen-bond acceptors (Lipinski definition) is 7. The molecular weight excluding hydrogens is 356 g/mol. The van der Waals surface area contributed by atoms with Crippen molar-refractivity contribution in [2.24, 2.45) is 5.41 Å². The van der Waals surface area contributed by atoms with Gasteiger partial charge in [0.15, 0.2) is 0 Å². The number of rotatable bonds is 7. The molecule has 0 aromatic heterocycles. The highest BCUT2D eigenvalue weighted by Crippen LogP contribution is 2.46. The van der Waals surface area contributed by atoms with E-state index < -0.39 is 38.2 Å². The molecule has 0 aliphatic heterocycles. The Hall–Kier alpha value is -2.81. The lowest BCUT2D eigenvalue weighted by atomic mass is 9.63. The van der Waals surface area contributed by atoms with Crippen LogP contribution in [0.3, 0.4) is 0 Å². The van der Waals surface area contributed by atoms with Crippen molar-refractivity contribution in [3.8, 4) is 0 Å². The summed E-state index contributed by atoms with van der Waals surface area (Å²) < 4.78 is 5.30. The van der Waals surface area contributed by atoms with Gasteiger partial charge in [0.25, 0.3) is 11.4 Å². The van der Waals surface area contributed by atoms with E-state index in [1.54, 1.807) is 6.08 Å². The van der Waals surface area contributed by atoms with Gasteiger partial charge < -0.3 is 9.84 Å². The molecule has 0 saturated heterocycles. The van der Waals surface area contributed by atoms with Gasteiger partial charge in [-0.3, -0.25) is 20.2 Å². The van der Waals surface area contributed by atoms with E-state index in [-0.39, 0.29) is 12.2 Å². The summed E-state index contributed by atoms with van der Waals surface area (Å²) in [6.07, 6.45) is 4.88. The van der Waals surface area contributed by atoms with Gasteiger partial charge >= 0.3 is 5.97 Å². The van der Waals surface area contributed by atoms with E-state index in [9.17, 15) is 30.1 Å². The van der Waals surface area contributed by atoms with Gasteiger partial charge in [-0.05, 0) is 19.3 Å². The molecule has 0 radical (unpaired) electrons. The summed E-state index contributed by atoms with van der Waals surface area (Å²) in [7, 11) is 0. The van der Waals surface area contributed by atoms with E-state index in [4.69, 9.17) is 4.74 Å². The fraction of sp³-hybridized carbons (Fsp3) is 0.500. The predicted molar refractivity (Wildman–Crippen MR) is 96.4 cm³/mol. The zero-order valence-corrected chi connectivity index (χ0v) is 15.1. The molecule has 1 saturated carbocycles. The summed E-state index contributed by atoms with van der Waals surface area (Å²) in [5, 5.41) is 32.9. The molecular formula is C18H22N2O7. The van der Waals surface area contributed by atoms with Crippen LogP contribution in [0.5, 0.6) is 0 Å². The molecule has 1 aliphatic rings. The Bertz CT molecular complexity index is 747. The first-order chi connectivity index (χ1) is 12.6. The summed E-state index contributed by atoms with van der Waals surface area (Å²) in [4.78, 5) is 32.7. The number of ether oxygens (including phenoxy) is 1. The minimum absolute atomic E-state index is 0.105.